The number of aryl methyl sites for hydroxylation is 1. The Hall–Kier alpha value is -0.980. The predicted molar refractivity (Wildman–Crippen MR) is 91.6 cm³/mol. The maximum absolute atomic E-state index is 2.42. The van der Waals surface area contributed by atoms with Crippen molar-refractivity contribution in [3.05, 3.63) is 29.8 Å². The predicted octanol–water partition coefficient (Wildman–Crippen LogP) is 5.68. The Morgan fingerprint density at radius 1 is 0.900 bits per heavy atom. The molecule has 0 aliphatic rings. The lowest BCUT2D eigenvalue weighted by Crippen LogP contribution is -2.08. The van der Waals surface area contributed by atoms with Crippen molar-refractivity contribution in [3.8, 4) is 0 Å². The summed E-state index contributed by atoms with van der Waals surface area (Å²) in [7, 11) is 4.18. The summed E-state index contributed by atoms with van der Waals surface area (Å²) in [5.41, 5.74) is 2.77. The number of benzene rings is 1. The smallest absolute Gasteiger partial charge is 0.0361 e. The van der Waals surface area contributed by atoms with Crippen molar-refractivity contribution in [1.82, 2.24) is 0 Å². The molecule has 1 aromatic carbocycles. The van der Waals surface area contributed by atoms with Gasteiger partial charge in [-0.1, -0.05) is 64.5 Å². The molecule has 0 fully saturated rings. The SMILES string of the molecule is CCCCCCC(C)CCCc1ccc(N(C)C)cc1. The highest BCUT2D eigenvalue weighted by Crippen LogP contribution is 2.18. The van der Waals surface area contributed by atoms with E-state index in [2.05, 4.69) is 57.1 Å². The van der Waals surface area contributed by atoms with E-state index in [4.69, 9.17) is 0 Å². The van der Waals surface area contributed by atoms with Crippen molar-refractivity contribution in [1.29, 1.82) is 0 Å². The minimum absolute atomic E-state index is 0.896. The zero-order chi connectivity index (χ0) is 14.8. The second-order valence-corrected chi connectivity index (χ2v) is 6.41. The van der Waals surface area contributed by atoms with Crippen LogP contribution in [0.3, 0.4) is 0 Å². The first-order valence-corrected chi connectivity index (χ1v) is 8.39. The van der Waals surface area contributed by atoms with Gasteiger partial charge in [0.2, 0.25) is 0 Å². The first kappa shape index (κ1) is 17.1. The topological polar surface area (TPSA) is 3.24 Å². The molecule has 1 atom stereocenters. The number of unbranched alkanes of at least 4 members (excludes halogenated alkanes) is 3. The average molecular weight is 275 g/mol. The third-order valence-corrected chi connectivity index (χ3v) is 4.17. The van der Waals surface area contributed by atoms with Gasteiger partial charge in [-0.3, -0.25) is 0 Å². The molecule has 0 saturated heterocycles. The van der Waals surface area contributed by atoms with Crippen molar-refractivity contribution in [2.75, 3.05) is 19.0 Å². The number of anilines is 1. The maximum Gasteiger partial charge on any atom is 0.0361 e. The standard InChI is InChI=1S/C19H33N/c1-5-6-7-8-10-17(2)11-9-12-18-13-15-19(16-14-18)20(3)4/h13-17H,5-12H2,1-4H3. The van der Waals surface area contributed by atoms with Crippen LogP contribution in [0.4, 0.5) is 5.69 Å². The van der Waals surface area contributed by atoms with Gasteiger partial charge in [0.05, 0.1) is 0 Å². The Morgan fingerprint density at radius 2 is 1.55 bits per heavy atom. The highest BCUT2D eigenvalue weighted by Gasteiger charge is 2.03. The number of hydrogen-bond acceptors (Lipinski definition) is 1. The van der Waals surface area contributed by atoms with E-state index in [1.165, 1.54) is 62.6 Å². The molecule has 1 nitrogen and oxygen atoms in total. The van der Waals surface area contributed by atoms with E-state index in [1.807, 2.05) is 0 Å². The Bertz CT molecular complexity index is 339. The van der Waals surface area contributed by atoms with Crippen LogP contribution in [-0.4, -0.2) is 14.1 Å². The van der Waals surface area contributed by atoms with E-state index in [1.54, 1.807) is 0 Å². The fraction of sp³-hybridized carbons (Fsp3) is 0.684. The number of nitrogens with zero attached hydrogens (tertiary/aromatic N) is 1. The van der Waals surface area contributed by atoms with Gasteiger partial charge in [0.25, 0.3) is 0 Å². The summed E-state index contributed by atoms with van der Waals surface area (Å²) in [6, 6.07) is 9.01. The summed E-state index contributed by atoms with van der Waals surface area (Å²) in [5.74, 6) is 0.896. The van der Waals surface area contributed by atoms with Gasteiger partial charge in [-0.25, -0.2) is 0 Å². The molecule has 0 aromatic heterocycles. The summed E-state index contributed by atoms with van der Waals surface area (Å²) in [6.07, 6.45) is 11.0. The molecule has 20 heavy (non-hydrogen) atoms. The molecule has 0 radical (unpaired) electrons. The average Bonchev–Trinajstić information content (AvgIpc) is 2.44. The van der Waals surface area contributed by atoms with Gasteiger partial charge in [0, 0.05) is 19.8 Å². The van der Waals surface area contributed by atoms with Gasteiger partial charge in [-0.2, -0.15) is 0 Å². The lowest BCUT2D eigenvalue weighted by molar-refractivity contribution is 0.447. The maximum atomic E-state index is 2.42. The van der Waals surface area contributed by atoms with Crippen LogP contribution < -0.4 is 4.90 Å². The van der Waals surface area contributed by atoms with Gasteiger partial charge in [0.1, 0.15) is 0 Å². The highest BCUT2D eigenvalue weighted by atomic mass is 15.1. The molecule has 114 valence electrons. The van der Waals surface area contributed by atoms with Crippen molar-refractivity contribution < 1.29 is 0 Å². The van der Waals surface area contributed by atoms with Gasteiger partial charge >= 0.3 is 0 Å². The van der Waals surface area contributed by atoms with E-state index in [0.29, 0.717) is 0 Å². The van der Waals surface area contributed by atoms with Crippen LogP contribution in [-0.2, 0) is 6.42 Å². The molecule has 1 unspecified atom stereocenters. The van der Waals surface area contributed by atoms with Crippen molar-refractivity contribution in [2.24, 2.45) is 5.92 Å². The minimum atomic E-state index is 0.896. The minimum Gasteiger partial charge on any atom is -0.378 e. The van der Waals surface area contributed by atoms with Crippen LogP contribution in [0, 0.1) is 5.92 Å². The molecule has 1 rings (SSSR count). The Labute approximate surface area is 126 Å². The van der Waals surface area contributed by atoms with E-state index < -0.39 is 0 Å². The summed E-state index contributed by atoms with van der Waals surface area (Å²) in [4.78, 5) is 2.15. The van der Waals surface area contributed by atoms with E-state index in [9.17, 15) is 0 Å². The Kier molecular flexibility index (Phi) is 8.41. The third-order valence-electron chi connectivity index (χ3n) is 4.17. The molecule has 0 amide bonds. The van der Waals surface area contributed by atoms with Gasteiger partial charge in [-0.05, 0) is 36.5 Å². The second kappa shape index (κ2) is 9.85. The largest absolute Gasteiger partial charge is 0.378 e. The molecular weight excluding hydrogens is 242 g/mol. The van der Waals surface area contributed by atoms with Crippen LogP contribution in [0.25, 0.3) is 0 Å². The van der Waals surface area contributed by atoms with Crippen molar-refractivity contribution in [2.45, 2.75) is 65.2 Å². The van der Waals surface area contributed by atoms with Crippen molar-refractivity contribution in [3.63, 3.8) is 0 Å². The zero-order valence-corrected chi connectivity index (χ0v) is 14.0. The molecule has 0 aliphatic carbocycles. The normalized spacial score (nSPS) is 12.4. The lowest BCUT2D eigenvalue weighted by atomic mass is 9.95. The molecule has 0 spiro atoms. The fourth-order valence-electron chi connectivity index (χ4n) is 2.68. The number of hydrogen-bond donors (Lipinski definition) is 0. The third kappa shape index (κ3) is 6.98. The molecular formula is C19H33N. The molecule has 1 aromatic rings. The van der Waals surface area contributed by atoms with Crippen LogP contribution in [0.15, 0.2) is 24.3 Å². The molecule has 0 saturated carbocycles. The second-order valence-electron chi connectivity index (χ2n) is 6.41. The monoisotopic (exact) mass is 275 g/mol. The molecule has 0 aliphatic heterocycles. The summed E-state index contributed by atoms with van der Waals surface area (Å²) < 4.78 is 0. The van der Waals surface area contributed by atoms with Crippen LogP contribution in [0.5, 0.6) is 0 Å². The Morgan fingerprint density at radius 3 is 2.15 bits per heavy atom. The summed E-state index contributed by atoms with van der Waals surface area (Å²) in [6.45, 7) is 4.70. The van der Waals surface area contributed by atoms with Crippen LogP contribution in [0.2, 0.25) is 0 Å². The molecule has 0 N–H and O–H groups in total. The van der Waals surface area contributed by atoms with Crippen molar-refractivity contribution >= 4 is 5.69 Å². The highest BCUT2D eigenvalue weighted by molar-refractivity contribution is 5.45. The Balaban J connectivity index is 2.16. The first-order valence-electron chi connectivity index (χ1n) is 8.39. The summed E-state index contributed by atoms with van der Waals surface area (Å²) >= 11 is 0. The van der Waals surface area contributed by atoms with Gasteiger partial charge in [0.15, 0.2) is 0 Å². The van der Waals surface area contributed by atoms with Crippen LogP contribution >= 0.6 is 0 Å². The molecule has 0 heterocycles. The fourth-order valence-corrected chi connectivity index (χ4v) is 2.68. The van der Waals surface area contributed by atoms with E-state index >= 15 is 0 Å². The lowest BCUT2D eigenvalue weighted by Gasteiger charge is -2.13. The first-order chi connectivity index (χ1) is 9.63. The number of rotatable bonds is 10. The zero-order valence-electron chi connectivity index (χ0n) is 14.0. The van der Waals surface area contributed by atoms with Gasteiger partial charge in [-0.15, -0.1) is 0 Å². The quantitative estimate of drug-likeness (QED) is 0.496. The van der Waals surface area contributed by atoms with Crippen LogP contribution in [0.1, 0.15) is 64.4 Å². The summed E-state index contributed by atoms with van der Waals surface area (Å²) in [5, 5.41) is 0. The van der Waals surface area contributed by atoms with E-state index in [-0.39, 0.29) is 0 Å². The van der Waals surface area contributed by atoms with E-state index in [0.717, 1.165) is 5.92 Å². The molecule has 1 heteroatoms. The molecule has 0 bridgehead atoms. The van der Waals surface area contributed by atoms with Gasteiger partial charge < -0.3 is 4.90 Å².